The van der Waals surface area contributed by atoms with Crippen molar-refractivity contribution in [2.45, 2.75) is 44.4 Å². The van der Waals surface area contributed by atoms with E-state index in [4.69, 9.17) is 4.74 Å². The number of sulfonamides is 1. The zero-order valence-electron chi connectivity index (χ0n) is 19.1. The summed E-state index contributed by atoms with van der Waals surface area (Å²) in [5.74, 6) is -0.555. The van der Waals surface area contributed by atoms with Crippen molar-refractivity contribution in [3.05, 3.63) is 83.4 Å². The molecule has 1 N–H and O–H groups in total. The Balaban J connectivity index is 1.82. The van der Waals surface area contributed by atoms with E-state index in [9.17, 15) is 13.2 Å². The van der Waals surface area contributed by atoms with Gasteiger partial charge in [-0.1, -0.05) is 70.2 Å². The predicted octanol–water partition coefficient (Wildman–Crippen LogP) is 5.80. The van der Waals surface area contributed by atoms with E-state index in [2.05, 4.69) is 49.8 Å². The van der Waals surface area contributed by atoms with Crippen LogP contribution in [0, 0.1) is 0 Å². The molecule has 0 heterocycles. The van der Waals surface area contributed by atoms with Gasteiger partial charge in [-0.05, 0) is 58.4 Å². The Labute approximate surface area is 190 Å². The van der Waals surface area contributed by atoms with Gasteiger partial charge in [0.15, 0.2) is 0 Å². The molecule has 0 fully saturated rings. The summed E-state index contributed by atoms with van der Waals surface area (Å²) in [6, 6.07) is 20.1. The third kappa shape index (κ3) is 5.19. The molecule has 5 nitrogen and oxygen atoms in total. The molecule has 0 atom stereocenters. The van der Waals surface area contributed by atoms with Crippen LogP contribution in [0.15, 0.2) is 71.6 Å². The number of hydrogen-bond acceptors (Lipinski definition) is 4. The third-order valence-corrected chi connectivity index (χ3v) is 6.78. The molecule has 0 saturated carbocycles. The maximum absolute atomic E-state index is 12.9. The second-order valence-corrected chi connectivity index (χ2v) is 10.4. The Kier molecular flexibility index (Phi) is 6.74. The fourth-order valence-corrected chi connectivity index (χ4v) is 4.52. The predicted molar refractivity (Wildman–Crippen MR) is 129 cm³/mol. The second kappa shape index (κ2) is 9.17. The first-order valence-electron chi connectivity index (χ1n) is 10.5. The van der Waals surface area contributed by atoms with Gasteiger partial charge < -0.3 is 4.74 Å². The first-order chi connectivity index (χ1) is 15.0. The molecular formula is C26H29NO4S. The molecule has 0 aliphatic heterocycles. The molecule has 0 bridgehead atoms. The molecule has 168 valence electrons. The molecule has 0 radical (unpaired) electrons. The van der Waals surface area contributed by atoms with Crippen LogP contribution in [0.25, 0.3) is 11.1 Å². The highest BCUT2D eigenvalue weighted by Crippen LogP contribution is 2.27. The molecule has 0 unspecified atom stereocenters. The van der Waals surface area contributed by atoms with Crippen LogP contribution in [0.4, 0.5) is 5.69 Å². The minimum atomic E-state index is -3.86. The van der Waals surface area contributed by atoms with E-state index in [0.29, 0.717) is 12.1 Å². The number of carbonyl (C=O) groups is 1. The van der Waals surface area contributed by atoms with Crippen molar-refractivity contribution in [2.75, 3.05) is 11.8 Å². The Morgan fingerprint density at radius 3 is 1.97 bits per heavy atom. The molecule has 3 aromatic carbocycles. The lowest BCUT2D eigenvalue weighted by atomic mass is 9.86. The van der Waals surface area contributed by atoms with E-state index in [1.54, 1.807) is 18.2 Å². The fraction of sp³-hybridized carbons (Fsp3) is 0.269. The van der Waals surface area contributed by atoms with Gasteiger partial charge in [-0.15, -0.1) is 0 Å². The van der Waals surface area contributed by atoms with E-state index in [1.165, 1.54) is 24.8 Å². The van der Waals surface area contributed by atoms with Gasteiger partial charge in [0.05, 0.1) is 17.6 Å². The van der Waals surface area contributed by atoms with E-state index < -0.39 is 16.0 Å². The summed E-state index contributed by atoms with van der Waals surface area (Å²) in [4.78, 5) is 12.1. The number of methoxy groups -OCH3 is 1. The average molecular weight is 452 g/mol. The number of anilines is 1. The van der Waals surface area contributed by atoms with Gasteiger partial charge in [0, 0.05) is 5.69 Å². The number of benzene rings is 3. The van der Waals surface area contributed by atoms with Crippen molar-refractivity contribution >= 4 is 21.7 Å². The summed E-state index contributed by atoms with van der Waals surface area (Å²) >= 11 is 0. The lowest BCUT2D eigenvalue weighted by Gasteiger charge is -2.19. The lowest BCUT2D eigenvalue weighted by Crippen LogP contribution is -2.15. The van der Waals surface area contributed by atoms with Crippen molar-refractivity contribution in [1.82, 2.24) is 0 Å². The Bertz CT molecular complexity index is 1210. The van der Waals surface area contributed by atoms with Gasteiger partial charge in [-0.25, -0.2) is 13.2 Å². The summed E-state index contributed by atoms with van der Waals surface area (Å²) < 4.78 is 33.2. The molecule has 0 aromatic heterocycles. The van der Waals surface area contributed by atoms with Gasteiger partial charge in [0.25, 0.3) is 10.0 Å². The van der Waals surface area contributed by atoms with Crippen LogP contribution in [-0.2, 0) is 26.6 Å². The standard InChI is InChI=1S/C26H29NO4S/c1-6-18-11-16-23(17-24(18)25(28)31-5)32(29,30)27-22-14-9-20(10-15-22)19-7-12-21(13-8-19)26(2,3)4/h7-17,27H,6H2,1-5H3. The normalized spacial score (nSPS) is 11.8. The zero-order valence-corrected chi connectivity index (χ0v) is 19.9. The molecule has 32 heavy (non-hydrogen) atoms. The van der Waals surface area contributed by atoms with Crippen LogP contribution >= 0.6 is 0 Å². The fourth-order valence-electron chi connectivity index (χ4n) is 3.44. The van der Waals surface area contributed by atoms with E-state index in [-0.39, 0.29) is 15.9 Å². The summed E-state index contributed by atoms with van der Waals surface area (Å²) in [5.41, 5.74) is 4.83. The highest BCUT2D eigenvalue weighted by Gasteiger charge is 2.19. The smallest absolute Gasteiger partial charge is 0.338 e. The van der Waals surface area contributed by atoms with Crippen molar-refractivity contribution in [1.29, 1.82) is 0 Å². The Morgan fingerprint density at radius 1 is 0.906 bits per heavy atom. The molecule has 3 aromatic rings. The highest BCUT2D eigenvalue weighted by atomic mass is 32.2. The number of nitrogens with one attached hydrogen (secondary N) is 1. The first kappa shape index (κ1) is 23.5. The number of esters is 1. The minimum absolute atomic E-state index is 0.0111. The van der Waals surface area contributed by atoms with Crippen LogP contribution in [-0.4, -0.2) is 21.5 Å². The largest absolute Gasteiger partial charge is 0.465 e. The van der Waals surface area contributed by atoms with Gasteiger partial charge >= 0.3 is 5.97 Å². The molecule has 3 rings (SSSR count). The molecule has 0 saturated heterocycles. The zero-order chi connectivity index (χ0) is 23.5. The molecule has 0 spiro atoms. The summed E-state index contributed by atoms with van der Waals surface area (Å²) in [5, 5.41) is 0. The Morgan fingerprint density at radius 2 is 1.47 bits per heavy atom. The van der Waals surface area contributed by atoms with Gasteiger partial charge in [-0.2, -0.15) is 0 Å². The molecular weight excluding hydrogens is 422 g/mol. The van der Waals surface area contributed by atoms with Gasteiger partial charge in [0.1, 0.15) is 0 Å². The van der Waals surface area contributed by atoms with E-state index in [1.807, 2.05) is 19.1 Å². The summed E-state index contributed by atoms with van der Waals surface area (Å²) in [6.45, 7) is 8.42. The van der Waals surface area contributed by atoms with E-state index in [0.717, 1.165) is 16.7 Å². The maximum Gasteiger partial charge on any atom is 0.338 e. The number of rotatable bonds is 6. The lowest BCUT2D eigenvalue weighted by molar-refractivity contribution is 0.0599. The van der Waals surface area contributed by atoms with Crippen molar-refractivity contribution in [3.63, 3.8) is 0 Å². The molecule has 6 heteroatoms. The van der Waals surface area contributed by atoms with E-state index >= 15 is 0 Å². The second-order valence-electron chi connectivity index (χ2n) is 8.67. The Hall–Kier alpha value is -3.12. The quantitative estimate of drug-likeness (QED) is 0.481. The minimum Gasteiger partial charge on any atom is -0.465 e. The van der Waals surface area contributed by atoms with Gasteiger partial charge in [0.2, 0.25) is 0 Å². The molecule has 0 amide bonds. The highest BCUT2D eigenvalue weighted by molar-refractivity contribution is 7.92. The van der Waals surface area contributed by atoms with Crippen LogP contribution < -0.4 is 4.72 Å². The van der Waals surface area contributed by atoms with Crippen LogP contribution in [0.2, 0.25) is 0 Å². The summed E-state index contributed by atoms with van der Waals surface area (Å²) in [7, 11) is -2.58. The van der Waals surface area contributed by atoms with Crippen molar-refractivity contribution in [2.24, 2.45) is 0 Å². The summed E-state index contributed by atoms with van der Waals surface area (Å²) in [6.07, 6.45) is 0.594. The van der Waals surface area contributed by atoms with Crippen LogP contribution in [0.5, 0.6) is 0 Å². The maximum atomic E-state index is 12.9. The SMILES string of the molecule is CCc1ccc(S(=O)(=O)Nc2ccc(-c3ccc(C(C)(C)C)cc3)cc2)cc1C(=O)OC. The molecule has 0 aliphatic carbocycles. The number of hydrogen-bond donors (Lipinski definition) is 1. The third-order valence-electron chi connectivity index (χ3n) is 5.40. The average Bonchev–Trinajstić information content (AvgIpc) is 2.78. The number of aryl methyl sites for hydroxylation is 1. The van der Waals surface area contributed by atoms with Crippen molar-refractivity contribution < 1.29 is 17.9 Å². The van der Waals surface area contributed by atoms with Gasteiger partial charge in [-0.3, -0.25) is 4.72 Å². The first-order valence-corrected chi connectivity index (χ1v) is 12.0. The van der Waals surface area contributed by atoms with Crippen LogP contribution in [0.3, 0.4) is 0 Å². The molecule has 0 aliphatic rings. The number of ether oxygens (including phenoxy) is 1. The topological polar surface area (TPSA) is 72.5 Å². The monoisotopic (exact) mass is 451 g/mol. The van der Waals surface area contributed by atoms with Crippen molar-refractivity contribution in [3.8, 4) is 11.1 Å². The number of carbonyl (C=O) groups excluding carboxylic acids is 1. The van der Waals surface area contributed by atoms with Crippen LogP contribution in [0.1, 0.15) is 49.2 Å².